The Labute approximate surface area is 153 Å². The van der Waals surface area contributed by atoms with Gasteiger partial charge in [0.2, 0.25) is 5.82 Å². The van der Waals surface area contributed by atoms with Crippen molar-refractivity contribution in [3.8, 4) is 0 Å². The maximum atomic E-state index is 14.0. The van der Waals surface area contributed by atoms with E-state index in [1.54, 1.807) is 20.1 Å². The zero-order valence-corrected chi connectivity index (χ0v) is 15.5. The highest BCUT2D eigenvalue weighted by Crippen LogP contribution is 2.32. The Bertz CT molecular complexity index is 639. The third-order valence-electron chi connectivity index (χ3n) is 5.77. The summed E-state index contributed by atoms with van der Waals surface area (Å²) in [5, 5.41) is 14.4. The summed E-state index contributed by atoms with van der Waals surface area (Å²) in [7, 11) is 1.79. The average molecular weight is 365 g/mol. The number of nitro benzene ring substituents is 1. The molecule has 1 N–H and O–H groups in total. The number of benzene rings is 1. The highest BCUT2D eigenvalue weighted by molar-refractivity contribution is 5.64. The molecule has 1 heterocycles. The van der Waals surface area contributed by atoms with Crippen molar-refractivity contribution >= 4 is 11.4 Å². The van der Waals surface area contributed by atoms with Gasteiger partial charge in [0, 0.05) is 32.3 Å². The highest BCUT2D eigenvalue weighted by Gasteiger charge is 2.30. The summed E-state index contributed by atoms with van der Waals surface area (Å²) in [6.45, 7) is 3.70. The standard InChI is InChI=1S/C19H28FN3O3/c1-13-11-17(20)19(23(24)25)18(12-13)21-14-7-9-22(10-8-14)15-3-5-16(26-2)6-4-15/h11-12,14-16,21H,3-10H2,1-2H3. The van der Waals surface area contributed by atoms with E-state index in [-0.39, 0.29) is 6.04 Å². The van der Waals surface area contributed by atoms with E-state index in [0.717, 1.165) is 38.8 Å². The van der Waals surface area contributed by atoms with Gasteiger partial charge in [-0.2, -0.15) is 4.39 Å². The summed E-state index contributed by atoms with van der Waals surface area (Å²) < 4.78 is 19.4. The fourth-order valence-electron chi connectivity index (χ4n) is 4.31. The Morgan fingerprint density at radius 2 is 1.85 bits per heavy atom. The molecule has 1 saturated heterocycles. The molecule has 0 radical (unpaired) electrons. The van der Waals surface area contributed by atoms with Crippen LogP contribution in [0.15, 0.2) is 12.1 Å². The first kappa shape index (κ1) is 19.0. The van der Waals surface area contributed by atoms with E-state index in [1.807, 2.05) is 0 Å². The molecule has 2 aliphatic rings. The van der Waals surface area contributed by atoms with Gasteiger partial charge in [-0.05, 0) is 63.1 Å². The number of nitrogens with zero attached hydrogens (tertiary/aromatic N) is 2. The molecule has 1 aromatic carbocycles. The van der Waals surface area contributed by atoms with Gasteiger partial charge < -0.3 is 15.0 Å². The van der Waals surface area contributed by atoms with Crippen LogP contribution in [0.2, 0.25) is 0 Å². The normalized spacial score (nSPS) is 25.2. The molecule has 0 unspecified atom stereocenters. The number of nitrogens with one attached hydrogen (secondary N) is 1. The molecule has 1 aliphatic heterocycles. The SMILES string of the molecule is COC1CCC(N2CCC(Nc3cc(C)cc(F)c3[N+](=O)[O-])CC2)CC1. The van der Waals surface area contributed by atoms with Crippen molar-refractivity contribution in [3.63, 3.8) is 0 Å². The van der Waals surface area contributed by atoms with Crippen molar-refractivity contribution in [2.45, 2.75) is 63.6 Å². The van der Waals surface area contributed by atoms with Crippen molar-refractivity contribution in [1.29, 1.82) is 0 Å². The minimum absolute atomic E-state index is 0.140. The van der Waals surface area contributed by atoms with Gasteiger partial charge in [-0.3, -0.25) is 10.1 Å². The predicted molar refractivity (Wildman–Crippen MR) is 99.1 cm³/mol. The van der Waals surface area contributed by atoms with E-state index in [2.05, 4.69) is 10.2 Å². The highest BCUT2D eigenvalue weighted by atomic mass is 19.1. The molecule has 2 fully saturated rings. The van der Waals surface area contributed by atoms with Gasteiger partial charge >= 0.3 is 5.69 Å². The molecule has 0 amide bonds. The summed E-state index contributed by atoms with van der Waals surface area (Å²) in [6, 6.07) is 3.64. The van der Waals surface area contributed by atoms with Gasteiger partial charge in [-0.1, -0.05) is 0 Å². The average Bonchev–Trinajstić information content (AvgIpc) is 2.61. The van der Waals surface area contributed by atoms with Gasteiger partial charge in [0.15, 0.2) is 0 Å². The van der Waals surface area contributed by atoms with Crippen molar-refractivity contribution in [3.05, 3.63) is 33.6 Å². The number of ether oxygens (including phenoxy) is 1. The number of nitro groups is 1. The summed E-state index contributed by atoms with van der Waals surface area (Å²) >= 11 is 0. The quantitative estimate of drug-likeness (QED) is 0.634. The van der Waals surface area contributed by atoms with Crippen LogP contribution in [0.1, 0.15) is 44.1 Å². The number of halogens is 1. The molecule has 0 bridgehead atoms. The van der Waals surface area contributed by atoms with E-state index < -0.39 is 16.4 Å². The maximum absolute atomic E-state index is 14.0. The Morgan fingerprint density at radius 1 is 1.19 bits per heavy atom. The van der Waals surface area contributed by atoms with Crippen LogP contribution in [0.25, 0.3) is 0 Å². The molecule has 0 spiro atoms. The second-order valence-electron chi connectivity index (χ2n) is 7.52. The zero-order valence-electron chi connectivity index (χ0n) is 15.5. The first-order valence-electron chi connectivity index (χ1n) is 9.46. The summed E-state index contributed by atoms with van der Waals surface area (Å²) in [4.78, 5) is 13.1. The van der Waals surface area contributed by atoms with Crippen molar-refractivity contribution in [2.24, 2.45) is 0 Å². The van der Waals surface area contributed by atoms with Crippen LogP contribution in [-0.2, 0) is 4.74 Å². The van der Waals surface area contributed by atoms with E-state index in [1.165, 1.54) is 18.9 Å². The largest absolute Gasteiger partial charge is 0.381 e. The molecule has 1 aromatic rings. The lowest BCUT2D eigenvalue weighted by Gasteiger charge is -2.40. The number of hydrogen-bond acceptors (Lipinski definition) is 5. The molecule has 0 aromatic heterocycles. The lowest BCUT2D eigenvalue weighted by molar-refractivity contribution is -0.386. The van der Waals surface area contributed by atoms with Crippen LogP contribution < -0.4 is 5.32 Å². The van der Waals surface area contributed by atoms with Gasteiger partial charge in [-0.15, -0.1) is 0 Å². The van der Waals surface area contributed by atoms with Gasteiger partial charge in [0.05, 0.1) is 11.0 Å². The van der Waals surface area contributed by atoms with Crippen molar-refractivity contribution < 1.29 is 14.1 Å². The first-order chi connectivity index (χ1) is 12.5. The fourth-order valence-corrected chi connectivity index (χ4v) is 4.31. The van der Waals surface area contributed by atoms with Crippen molar-refractivity contribution in [2.75, 3.05) is 25.5 Å². The number of hydrogen-bond donors (Lipinski definition) is 1. The van der Waals surface area contributed by atoms with Crippen LogP contribution in [0.4, 0.5) is 15.8 Å². The number of rotatable bonds is 5. The number of aryl methyl sites for hydroxylation is 1. The third-order valence-corrected chi connectivity index (χ3v) is 5.77. The van der Waals surface area contributed by atoms with Gasteiger partial charge in [0.25, 0.3) is 0 Å². The first-order valence-corrected chi connectivity index (χ1v) is 9.46. The Morgan fingerprint density at radius 3 is 2.42 bits per heavy atom. The van der Waals surface area contributed by atoms with Crippen LogP contribution >= 0.6 is 0 Å². The predicted octanol–water partition coefficient (Wildman–Crippen LogP) is 3.88. The van der Waals surface area contributed by atoms with Crippen LogP contribution in [0.3, 0.4) is 0 Å². The summed E-state index contributed by atoms with van der Waals surface area (Å²) in [5.41, 5.74) is 0.533. The summed E-state index contributed by atoms with van der Waals surface area (Å²) in [5.74, 6) is -0.773. The molecule has 0 atom stereocenters. The second-order valence-corrected chi connectivity index (χ2v) is 7.52. The van der Waals surface area contributed by atoms with Crippen LogP contribution in [0.5, 0.6) is 0 Å². The molecule has 144 valence electrons. The van der Waals surface area contributed by atoms with E-state index >= 15 is 0 Å². The fraction of sp³-hybridized carbons (Fsp3) is 0.684. The monoisotopic (exact) mass is 365 g/mol. The van der Waals surface area contributed by atoms with E-state index in [4.69, 9.17) is 4.74 Å². The lowest BCUT2D eigenvalue weighted by atomic mass is 9.90. The van der Waals surface area contributed by atoms with Crippen molar-refractivity contribution in [1.82, 2.24) is 4.90 Å². The molecule has 3 rings (SSSR count). The third kappa shape index (κ3) is 4.32. The minimum atomic E-state index is -0.773. The minimum Gasteiger partial charge on any atom is -0.381 e. The maximum Gasteiger partial charge on any atom is 0.327 e. The van der Waals surface area contributed by atoms with Crippen LogP contribution in [-0.4, -0.2) is 48.2 Å². The Hall–Kier alpha value is -1.73. The molecular formula is C19H28FN3O3. The molecule has 26 heavy (non-hydrogen) atoms. The van der Waals surface area contributed by atoms with Crippen LogP contribution in [0, 0.1) is 22.9 Å². The van der Waals surface area contributed by atoms with E-state index in [9.17, 15) is 14.5 Å². The molecule has 7 heteroatoms. The Kier molecular flexibility index (Phi) is 6.09. The molecular weight excluding hydrogens is 337 g/mol. The topological polar surface area (TPSA) is 67.6 Å². The zero-order chi connectivity index (χ0) is 18.7. The smallest absolute Gasteiger partial charge is 0.327 e. The number of anilines is 1. The number of piperidine rings is 1. The number of likely N-dealkylation sites (tertiary alicyclic amines) is 1. The number of methoxy groups -OCH3 is 1. The molecule has 1 aliphatic carbocycles. The Balaban J connectivity index is 1.57. The van der Waals surface area contributed by atoms with Gasteiger partial charge in [-0.25, -0.2) is 0 Å². The second kappa shape index (κ2) is 8.31. The molecule has 6 nitrogen and oxygen atoms in total. The van der Waals surface area contributed by atoms with E-state index in [0.29, 0.717) is 23.4 Å². The molecule has 1 saturated carbocycles. The summed E-state index contributed by atoms with van der Waals surface area (Å²) in [6.07, 6.45) is 6.81. The lowest BCUT2D eigenvalue weighted by Crippen LogP contribution is -2.46. The van der Waals surface area contributed by atoms with Gasteiger partial charge in [0.1, 0.15) is 5.69 Å².